The lowest BCUT2D eigenvalue weighted by Gasteiger charge is -2.10. The highest BCUT2D eigenvalue weighted by Gasteiger charge is 2.15. The summed E-state index contributed by atoms with van der Waals surface area (Å²) in [4.78, 5) is 37.0. The SMILES string of the molecule is O=C(Nc1ccc(NC(=O)c2cc3ccccc3oc2=O)cc1Cl)c1ccccc1. The summed E-state index contributed by atoms with van der Waals surface area (Å²) in [7, 11) is 0. The van der Waals surface area contributed by atoms with Gasteiger partial charge in [-0.15, -0.1) is 0 Å². The van der Waals surface area contributed by atoms with E-state index in [9.17, 15) is 14.4 Å². The molecule has 3 aromatic carbocycles. The second-order valence-electron chi connectivity index (χ2n) is 6.45. The lowest BCUT2D eigenvalue weighted by Crippen LogP contribution is -2.20. The molecule has 6 nitrogen and oxygen atoms in total. The van der Waals surface area contributed by atoms with Crippen molar-refractivity contribution in [3.63, 3.8) is 0 Å². The van der Waals surface area contributed by atoms with Crippen molar-refractivity contribution in [3.8, 4) is 0 Å². The summed E-state index contributed by atoms with van der Waals surface area (Å²) in [5.74, 6) is -0.922. The van der Waals surface area contributed by atoms with E-state index < -0.39 is 11.5 Å². The first-order valence-electron chi connectivity index (χ1n) is 9.01. The van der Waals surface area contributed by atoms with Gasteiger partial charge in [0.2, 0.25) is 0 Å². The van der Waals surface area contributed by atoms with E-state index in [1.165, 1.54) is 12.1 Å². The second-order valence-corrected chi connectivity index (χ2v) is 6.86. The minimum absolute atomic E-state index is 0.119. The third-order valence-corrected chi connectivity index (χ3v) is 4.71. The van der Waals surface area contributed by atoms with Crippen LogP contribution in [0.15, 0.2) is 88.1 Å². The van der Waals surface area contributed by atoms with Gasteiger partial charge in [-0.1, -0.05) is 48.0 Å². The molecule has 1 aromatic heterocycles. The molecule has 0 saturated heterocycles. The fourth-order valence-electron chi connectivity index (χ4n) is 2.90. The van der Waals surface area contributed by atoms with Gasteiger partial charge in [-0.25, -0.2) is 4.79 Å². The zero-order chi connectivity index (χ0) is 21.1. The molecular weight excluding hydrogens is 404 g/mol. The van der Waals surface area contributed by atoms with Crippen molar-refractivity contribution in [1.82, 2.24) is 0 Å². The van der Waals surface area contributed by atoms with Gasteiger partial charge in [-0.3, -0.25) is 9.59 Å². The molecule has 0 saturated carbocycles. The number of para-hydroxylation sites is 1. The second kappa shape index (κ2) is 8.23. The number of hydrogen-bond donors (Lipinski definition) is 2. The number of halogens is 1. The lowest BCUT2D eigenvalue weighted by molar-refractivity contribution is 0.101. The van der Waals surface area contributed by atoms with E-state index in [2.05, 4.69) is 10.6 Å². The zero-order valence-electron chi connectivity index (χ0n) is 15.5. The fraction of sp³-hybridized carbons (Fsp3) is 0. The lowest BCUT2D eigenvalue weighted by atomic mass is 10.1. The molecule has 0 atom stereocenters. The van der Waals surface area contributed by atoms with Crippen LogP contribution in [0.4, 0.5) is 11.4 Å². The Bertz CT molecular complexity index is 1320. The molecule has 0 aliphatic carbocycles. The van der Waals surface area contributed by atoms with E-state index in [4.69, 9.17) is 16.0 Å². The number of fused-ring (bicyclic) bond motifs is 1. The first kappa shape index (κ1) is 19.4. The number of amides is 2. The van der Waals surface area contributed by atoms with Gasteiger partial charge in [-0.2, -0.15) is 0 Å². The van der Waals surface area contributed by atoms with Crippen LogP contribution in [0.2, 0.25) is 5.02 Å². The summed E-state index contributed by atoms with van der Waals surface area (Å²) >= 11 is 6.25. The van der Waals surface area contributed by atoms with Crippen molar-refractivity contribution in [2.75, 3.05) is 10.6 Å². The molecule has 7 heteroatoms. The maximum atomic E-state index is 12.6. The molecule has 0 spiro atoms. The maximum absolute atomic E-state index is 12.6. The number of nitrogens with one attached hydrogen (secondary N) is 2. The molecule has 30 heavy (non-hydrogen) atoms. The highest BCUT2D eigenvalue weighted by Crippen LogP contribution is 2.26. The monoisotopic (exact) mass is 418 g/mol. The highest BCUT2D eigenvalue weighted by molar-refractivity contribution is 6.34. The van der Waals surface area contributed by atoms with Crippen LogP contribution >= 0.6 is 11.6 Å². The Hall–Kier alpha value is -3.90. The molecule has 0 aliphatic rings. The molecule has 0 aliphatic heterocycles. The normalized spacial score (nSPS) is 10.6. The quantitative estimate of drug-likeness (QED) is 0.459. The van der Waals surface area contributed by atoms with Crippen molar-refractivity contribution in [2.45, 2.75) is 0 Å². The molecule has 2 N–H and O–H groups in total. The van der Waals surface area contributed by atoms with Gasteiger partial charge in [0, 0.05) is 16.6 Å². The number of rotatable bonds is 4. The van der Waals surface area contributed by atoms with Crippen LogP contribution < -0.4 is 16.3 Å². The van der Waals surface area contributed by atoms with Crippen molar-refractivity contribution < 1.29 is 14.0 Å². The molecule has 4 rings (SSSR count). The molecule has 148 valence electrons. The Kier molecular flexibility index (Phi) is 5.32. The number of anilines is 2. The van der Waals surface area contributed by atoms with Crippen molar-refractivity contribution in [2.24, 2.45) is 0 Å². The smallest absolute Gasteiger partial charge is 0.349 e. The Balaban J connectivity index is 1.52. The number of carbonyl (C=O) groups is 2. The van der Waals surface area contributed by atoms with Crippen molar-refractivity contribution >= 4 is 45.8 Å². The standard InChI is InChI=1S/C23H15ClN2O4/c24-18-13-16(10-11-19(18)26-21(27)14-6-2-1-3-7-14)25-22(28)17-12-15-8-4-5-9-20(15)30-23(17)29/h1-13H,(H,25,28)(H,26,27). The third-order valence-electron chi connectivity index (χ3n) is 4.40. The Labute approximate surface area is 176 Å². The largest absolute Gasteiger partial charge is 0.422 e. The van der Waals surface area contributed by atoms with Gasteiger partial charge in [0.25, 0.3) is 11.8 Å². The van der Waals surface area contributed by atoms with Gasteiger partial charge in [0.05, 0.1) is 10.7 Å². The highest BCUT2D eigenvalue weighted by atomic mass is 35.5. The molecule has 0 radical (unpaired) electrons. The van der Waals surface area contributed by atoms with Crippen LogP contribution in [0.3, 0.4) is 0 Å². The molecule has 2 amide bonds. The summed E-state index contributed by atoms with van der Waals surface area (Å²) in [6, 6.07) is 21.8. The number of benzene rings is 3. The van der Waals surface area contributed by atoms with Gasteiger partial charge < -0.3 is 15.1 Å². The zero-order valence-corrected chi connectivity index (χ0v) is 16.3. The minimum Gasteiger partial charge on any atom is -0.422 e. The van der Waals surface area contributed by atoms with Crippen molar-refractivity contribution in [3.05, 3.63) is 105 Å². The fourth-order valence-corrected chi connectivity index (χ4v) is 3.12. The van der Waals surface area contributed by atoms with Crippen LogP contribution in [-0.4, -0.2) is 11.8 Å². The van der Waals surface area contributed by atoms with Gasteiger partial charge >= 0.3 is 5.63 Å². The molecular formula is C23H15ClN2O4. The molecule has 0 bridgehead atoms. The summed E-state index contributed by atoms with van der Waals surface area (Å²) in [5.41, 5.74) is 0.814. The summed E-state index contributed by atoms with van der Waals surface area (Å²) < 4.78 is 5.19. The maximum Gasteiger partial charge on any atom is 0.349 e. The minimum atomic E-state index is -0.732. The van der Waals surface area contributed by atoms with E-state index in [0.717, 1.165) is 0 Å². The number of carbonyl (C=O) groups excluding carboxylic acids is 2. The van der Waals surface area contributed by atoms with Crippen LogP contribution in [0.25, 0.3) is 11.0 Å². The van der Waals surface area contributed by atoms with Gasteiger partial charge in [0.15, 0.2) is 0 Å². The van der Waals surface area contributed by atoms with Crippen molar-refractivity contribution in [1.29, 1.82) is 0 Å². The van der Waals surface area contributed by atoms with E-state index in [1.54, 1.807) is 60.7 Å². The Morgan fingerprint density at radius 2 is 1.53 bits per heavy atom. The predicted octanol–water partition coefficient (Wildman–Crippen LogP) is 4.95. The van der Waals surface area contributed by atoms with E-state index in [0.29, 0.717) is 27.9 Å². The first-order valence-corrected chi connectivity index (χ1v) is 9.39. The Morgan fingerprint density at radius 3 is 2.30 bits per heavy atom. The third kappa shape index (κ3) is 4.09. The summed E-state index contributed by atoms with van der Waals surface area (Å²) in [6.45, 7) is 0. The number of hydrogen-bond acceptors (Lipinski definition) is 4. The first-order chi connectivity index (χ1) is 14.5. The topological polar surface area (TPSA) is 88.4 Å². The Morgan fingerprint density at radius 1 is 0.800 bits per heavy atom. The van der Waals surface area contributed by atoms with Crippen LogP contribution in [0, 0.1) is 0 Å². The van der Waals surface area contributed by atoms with Crippen LogP contribution in [-0.2, 0) is 0 Å². The molecule has 1 heterocycles. The van der Waals surface area contributed by atoms with E-state index in [1.807, 2.05) is 6.07 Å². The van der Waals surface area contributed by atoms with Gasteiger partial charge in [-0.05, 0) is 42.5 Å². The predicted molar refractivity (Wildman–Crippen MR) is 116 cm³/mol. The van der Waals surface area contributed by atoms with Crippen LogP contribution in [0.1, 0.15) is 20.7 Å². The van der Waals surface area contributed by atoms with Crippen LogP contribution in [0.5, 0.6) is 0 Å². The van der Waals surface area contributed by atoms with E-state index >= 15 is 0 Å². The average Bonchev–Trinajstić information content (AvgIpc) is 2.75. The summed E-state index contributed by atoms with van der Waals surface area (Å²) in [5, 5.41) is 6.22. The van der Waals surface area contributed by atoms with E-state index in [-0.39, 0.29) is 16.5 Å². The molecule has 0 unspecified atom stereocenters. The summed E-state index contributed by atoms with van der Waals surface area (Å²) in [6.07, 6.45) is 0. The molecule has 0 fully saturated rings. The molecule has 4 aromatic rings. The van der Waals surface area contributed by atoms with Gasteiger partial charge in [0.1, 0.15) is 11.1 Å². The average molecular weight is 419 g/mol.